The molecule has 4 aromatic rings. The van der Waals surface area contributed by atoms with Crippen LogP contribution in [0.1, 0.15) is 5.56 Å². The number of hydrogen-bond acceptors (Lipinski definition) is 2. The summed E-state index contributed by atoms with van der Waals surface area (Å²) in [5, 5.41) is 5.36. The Morgan fingerprint density at radius 3 is 2.00 bits per heavy atom. The standard InChI is InChI=1S/C23H18N2O2S/c26-28(27,22-13-5-2-6-14-22)25-23(19-10-3-1-4-11-19)24-21-16-15-18-9-7-8-12-20(18)17-21/h1-17H,(H,24,25). The van der Waals surface area contributed by atoms with E-state index in [1.165, 1.54) is 12.1 Å². The number of sulfonamides is 1. The van der Waals surface area contributed by atoms with E-state index in [-0.39, 0.29) is 10.7 Å². The van der Waals surface area contributed by atoms with Crippen molar-refractivity contribution < 1.29 is 8.42 Å². The molecule has 0 fully saturated rings. The second kappa shape index (κ2) is 7.66. The molecule has 0 aliphatic rings. The van der Waals surface area contributed by atoms with Crippen molar-refractivity contribution in [3.8, 4) is 0 Å². The van der Waals surface area contributed by atoms with Gasteiger partial charge in [0.05, 0.1) is 4.90 Å². The maximum Gasteiger partial charge on any atom is 0.284 e. The highest BCUT2D eigenvalue weighted by atomic mass is 32.2. The summed E-state index contributed by atoms with van der Waals surface area (Å²) in [5.41, 5.74) is 1.46. The maximum atomic E-state index is 12.8. The molecule has 0 aliphatic carbocycles. The lowest BCUT2D eigenvalue weighted by Crippen LogP contribution is -2.16. The Morgan fingerprint density at radius 1 is 0.679 bits per heavy atom. The number of nitrogens with zero attached hydrogens (tertiary/aromatic N) is 1. The molecule has 4 aromatic carbocycles. The second-order valence-corrected chi connectivity index (χ2v) is 7.89. The molecule has 0 radical (unpaired) electrons. The Hall–Kier alpha value is -3.44. The first kappa shape index (κ1) is 17.9. The molecule has 1 N–H and O–H groups in total. The number of anilines is 1. The Kier molecular flexibility index (Phi) is 4.91. The first-order valence-corrected chi connectivity index (χ1v) is 10.3. The summed E-state index contributed by atoms with van der Waals surface area (Å²) >= 11 is 0. The Balaban J connectivity index is 1.77. The molecule has 0 saturated heterocycles. The molecule has 4 nitrogen and oxygen atoms in total. The second-order valence-electron chi connectivity index (χ2n) is 6.28. The van der Waals surface area contributed by atoms with Gasteiger partial charge in [-0.3, -0.25) is 0 Å². The molecule has 0 unspecified atom stereocenters. The van der Waals surface area contributed by atoms with Crippen LogP contribution in [-0.4, -0.2) is 14.3 Å². The van der Waals surface area contributed by atoms with E-state index in [1.807, 2.05) is 72.8 Å². The molecule has 28 heavy (non-hydrogen) atoms. The SMILES string of the molecule is O=S(=O)(/N=C(/Nc1ccc2ccccc2c1)c1ccccc1)c1ccccc1. The predicted molar refractivity (Wildman–Crippen MR) is 114 cm³/mol. The van der Waals surface area contributed by atoms with Gasteiger partial charge >= 0.3 is 0 Å². The molecule has 0 spiro atoms. The monoisotopic (exact) mass is 386 g/mol. The zero-order chi connectivity index (χ0) is 19.4. The van der Waals surface area contributed by atoms with Gasteiger partial charge in [-0.25, -0.2) is 0 Å². The van der Waals surface area contributed by atoms with Crippen molar-refractivity contribution in [1.82, 2.24) is 0 Å². The average molecular weight is 386 g/mol. The molecule has 0 heterocycles. The van der Waals surface area contributed by atoms with Gasteiger partial charge in [0.2, 0.25) is 0 Å². The quantitative estimate of drug-likeness (QED) is 0.393. The van der Waals surface area contributed by atoms with Gasteiger partial charge in [0.15, 0.2) is 5.84 Å². The van der Waals surface area contributed by atoms with Gasteiger partial charge in [-0.15, -0.1) is 4.40 Å². The lowest BCUT2D eigenvalue weighted by Gasteiger charge is -2.11. The van der Waals surface area contributed by atoms with Crippen LogP contribution >= 0.6 is 0 Å². The van der Waals surface area contributed by atoms with Gasteiger partial charge in [0.25, 0.3) is 10.0 Å². The Morgan fingerprint density at radius 2 is 1.29 bits per heavy atom. The normalized spacial score (nSPS) is 12.1. The Labute approximate surface area is 164 Å². The maximum absolute atomic E-state index is 12.8. The zero-order valence-electron chi connectivity index (χ0n) is 15.0. The molecule has 0 saturated carbocycles. The van der Waals surface area contributed by atoms with Crippen LogP contribution in [-0.2, 0) is 10.0 Å². The molecule has 0 bridgehead atoms. The summed E-state index contributed by atoms with van der Waals surface area (Å²) in [6, 6.07) is 31.3. The van der Waals surface area contributed by atoms with Gasteiger partial charge in [-0.2, -0.15) is 8.42 Å². The van der Waals surface area contributed by atoms with Crippen LogP contribution in [0.25, 0.3) is 10.8 Å². The highest BCUT2D eigenvalue weighted by Crippen LogP contribution is 2.21. The van der Waals surface area contributed by atoms with Gasteiger partial charge in [-0.05, 0) is 35.0 Å². The lowest BCUT2D eigenvalue weighted by atomic mass is 10.1. The average Bonchev–Trinajstić information content (AvgIpc) is 2.74. The summed E-state index contributed by atoms with van der Waals surface area (Å²) < 4.78 is 29.7. The van der Waals surface area contributed by atoms with Gasteiger partial charge in [0.1, 0.15) is 0 Å². The molecule has 5 heteroatoms. The first-order chi connectivity index (χ1) is 13.6. The van der Waals surface area contributed by atoms with E-state index in [4.69, 9.17) is 0 Å². The fourth-order valence-electron chi connectivity index (χ4n) is 2.91. The smallest absolute Gasteiger partial charge is 0.284 e. The third-order valence-corrected chi connectivity index (χ3v) is 5.60. The topological polar surface area (TPSA) is 58.5 Å². The summed E-state index contributed by atoms with van der Waals surface area (Å²) in [4.78, 5) is 0.156. The number of nitrogens with one attached hydrogen (secondary N) is 1. The van der Waals surface area contributed by atoms with Crippen molar-refractivity contribution in [2.24, 2.45) is 4.40 Å². The van der Waals surface area contributed by atoms with Crippen LogP contribution in [0, 0.1) is 0 Å². The van der Waals surface area contributed by atoms with Crippen LogP contribution in [0.4, 0.5) is 5.69 Å². The molecule has 0 atom stereocenters. The summed E-state index contributed by atoms with van der Waals surface area (Å²) in [6.07, 6.45) is 0. The van der Waals surface area contributed by atoms with E-state index in [0.29, 0.717) is 5.56 Å². The van der Waals surface area contributed by atoms with E-state index < -0.39 is 10.0 Å². The number of amidine groups is 1. The summed E-state index contributed by atoms with van der Waals surface area (Å²) in [7, 11) is -3.84. The fourth-order valence-corrected chi connectivity index (χ4v) is 3.91. The fraction of sp³-hybridized carbons (Fsp3) is 0. The van der Waals surface area contributed by atoms with Crippen LogP contribution in [0.3, 0.4) is 0 Å². The number of hydrogen-bond donors (Lipinski definition) is 1. The van der Waals surface area contributed by atoms with Crippen LogP contribution in [0.15, 0.2) is 112 Å². The zero-order valence-corrected chi connectivity index (χ0v) is 15.8. The lowest BCUT2D eigenvalue weighted by molar-refractivity contribution is 0.598. The minimum Gasteiger partial charge on any atom is -0.339 e. The molecular formula is C23H18N2O2S. The highest BCUT2D eigenvalue weighted by Gasteiger charge is 2.15. The largest absolute Gasteiger partial charge is 0.339 e. The highest BCUT2D eigenvalue weighted by molar-refractivity contribution is 7.90. The number of fused-ring (bicyclic) bond motifs is 1. The predicted octanol–water partition coefficient (Wildman–Crippen LogP) is 5.09. The molecule has 0 aliphatic heterocycles. The van der Waals surface area contributed by atoms with Crippen molar-refractivity contribution in [1.29, 1.82) is 0 Å². The van der Waals surface area contributed by atoms with E-state index in [1.54, 1.807) is 18.2 Å². The molecule has 0 aromatic heterocycles. The van der Waals surface area contributed by atoms with E-state index in [0.717, 1.165) is 16.5 Å². The third-order valence-electron chi connectivity index (χ3n) is 4.31. The first-order valence-electron chi connectivity index (χ1n) is 8.83. The molecule has 0 amide bonds. The molecule has 4 rings (SSSR count). The number of rotatable bonds is 4. The van der Waals surface area contributed by atoms with Crippen molar-refractivity contribution >= 4 is 32.3 Å². The number of benzene rings is 4. The van der Waals surface area contributed by atoms with Gasteiger partial charge < -0.3 is 5.32 Å². The van der Waals surface area contributed by atoms with Crippen molar-refractivity contribution in [3.05, 3.63) is 109 Å². The van der Waals surface area contributed by atoms with Crippen LogP contribution < -0.4 is 5.32 Å². The van der Waals surface area contributed by atoms with Crippen molar-refractivity contribution in [2.45, 2.75) is 4.90 Å². The van der Waals surface area contributed by atoms with E-state index in [2.05, 4.69) is 9.71 Å². The molecule has 138 valence electrons. The minimum absolute atomic E-state index is 0.156. The van der Waals surface area contributed by atoms with Crippen molar-refractivity contribution in [3.63, 3.8) is 0 Å². The van der Waals surface area contributed by atoms with E-state index in [9.17, 15) is 8.42 Å². The van der Waals surface area contributed by atoms with E-state index >= 15 is 0 Å². The van der Waals surface area contributed by atoms with Crippen LogP contribution in [0.2, 0.25) is 0 Å². The van der Waals surface area contributed by atoms with Gasteiger partial charge in [0, 0.05) is 11.3 Å². The summed E-state index contributed by atoms with van der Waals surface area (Å²) in [5.74, 6) is 0.278. The third kappa shape index (κ3) is 3.94. The minimum atomic E-state index is -3.84. The van der Waals surface area contributed by atoms with Crippen molar-refractivity contribution in [2.75, 3.05) is 5.32 Å². The van der Waals surface area contributed by atoms with Crippen LogP contribution in [0.5, 0.6) is 0 Å². The summed E-state index contributed by atoms with van der Waals surface area (Å²) in [6.45, 7) is 0. The molecular weight excluding hydrogens is 368 g/mol. The van der Waals surface area contributed by atoms with Gasteiger partial charge in [-0.1, -0.05) is 78.9 Å². The Bertz CT molecular complexity index is 1240.